The molecule has 1 amide bonds. The standard InChI is InChI=1S/C20H26N2O2/c1-13(2)17-9-4-14(3)10-18(17)20(23)22-16-7-5-15(6-8-16)19-11-21-12-24-19/h5-8,11-14,17-18H,4,9-10H2,1-3H3,(H,22,23). The van der Waals surface area contributed by atoms with Gasteiger partial charge in [-0.15, -0.1) is 0 Å². The summed E-state index contributed by atoms with van der Waals surface area (Å²) in [4.78, 5) is 16.7. The predicted molar refractivity (Wildman–Crippen MR) is 95.4 cm³/mol. The Morgan fingerprint density at radius 3 is 2.62 bits per heavy atom. The van der Waals surface area contributed by atoms with Crippen LogP contribution in [0.4, 0.5) is 5.69 Å². The minimum Gasteiger partial charge on any atom is -0.444 e. The maximum atomic E-state index is 12.8. The summed E-state index contributed by atoms with van der Waals surface area (Å²) in [6.45, 7) is 6.71. The molecular formula is C20H26N2O2. The van der Waals surface area contributed by atoms with Crippen LogP contribution in [0.5, 0.6) is 0 Å². The highest BCUT2D eigenvalue weighted by molar-refractivity contribution is 5.93. The molecule has 1 fully saturated rings. The number of aromatic nitrogens is 1. The van der Waals surface area contributed by atoms with Crippen molar-refractivity contribution in [2.45, 2.75) is 40.0 Å². The molecule has 3 atom stereocenters. The van der Waals surface area contributed by atoms with E-state index in [4.69, 9.17) is 4.42 Å². The van der Waals surface area contributed by atoms with Crippen molar-refractivity contribution in [2.24, 2.45) is 23.7 Å². The van der Waals surface area contributed by atoms with Crippen LogP contribution in [0.25, 0.3) is 11.3 Å². The monoisotopic (exact) mass is 326 g/mol. The highest BCUT2D eigenvalue weighted by Crippen LogP contribution is 2.38. The van der Waals surface area contributed by atoms with Crippen molar-refractivity contribution >= 4 is 11.6 Å². The third-order valence-electron chi connectivity index (χ3n) is 5.23. The topological polar surface area (TPSA) is 55.1 Å². The Morgan fingerprint density at radius 2 is 2.00 bits per heavy atom. The predicted octanol–water partition coefficient (Wildman–Crippen LogP) is 4.99. The molecule has 1 saturated carbocycles. The van der Waals surface area contributed by atoms with Gasteiger partial charge in [-0.2, -0.15) is 0 Å². The third-order valence-corrected chi connectivity index (χ3v) is 5.23. The zero-order valence-corrected chi connectivity index (χ0v) is 14.7. The Hall–Kier alpha value is -2.10. The van der Waals surface area contributed by atoms with Crippen molar-refractivity contribution in [3.05, 3.63) is 36.9 Å². The van der Waals surface area contributed by atoms with Gasteiger partial charge >= 0.3 is 0 Å². The van der Waals surface area contributed by atoms with Gasteiger partial charge in [-0.3, -0.25) is 4.79 Å². The lowest BCUT2D eigenvalue weighted by Crippen LogP contribution is -2.36. The quantitative estimate of drug-likeness (QED) is 0.861. The van der Waals surface area contributed by atoms with E-state index in [0.717, 1.165) is 29.9 Å². The van der Waals surface area contributed by atoms with E-state index in [1.165, 1.54) is 12.8 Å². The zero-order chi connectivity index (χ0) is 17.1. The van der Waals surface area contributed by atoms with Gasteiger partial charge in [0.2, 0.25) is 5.91 Å². The van der Waals surface area contributed by atoms with Gasteiger partial charge in [-0.1, -0.05) is 27.2 Å². The summed E-state index contributed by atoms with van der Waals surface area (Å²) in [6, 6.07) is 7.73. The van der Waals surface area contributed by atoms with Crippen molar-refractivity contribution < 1.29 is 9.21 Å². The Kier molecular flexibility index (Phi) is 5.03. The van der Waals surface area contributed by atoms with Crippen LogP contribution < -0.4 is 5.32 Å². The number of anilines is 1. The first-order valence-corrected chi connectivity index (χ1v) is 8.84. The van der Waals surface area contributed by atoms with Gasteiger partial charge in [-0.05, 0) is 54.9 Å². The molecule has 1 aliphatic carbocycles. The summed E-state index contributed by atoms with van der Waals surface area (Å²) in [6.07, 6.45) is 6.48. The molecule has 1 aromatic carbocycles. The molecule has 3 unspecified atom stereocenters. The number of benzene rings is 1. The first-order chi connectivity index (χ1) is 11.5. The second-order valence-corrected chi connectivity index (χ2v) is 7.36. The number of carbonyl (C=O) groups is 1. The Balaban J connectivity index is 1.69. The number of hydrogen-bond acceptors (Lipinski definition) is 3. The van der Waals surface area contributed by atoms with E-state index in [0.29, 0.717) is 17.8 Å². The number of nitrogens with one attached hydrogen (secondary N) is 1. The molecule has 128 valence electrons. The molecule has 4 nitrogen and oxygen atoms in total. The summed E-state index contributed by atoms with van der Waals surface area (Å²) < 4.78 is 5.29. The molecule has 0 aliphatic heterocycles. The van der Waals surface area contributed by atoms with Crippen LogP contribution in [0.2, 0.25) is 0 Å². The van der Waals surface area contributed by atoms with Gasteiger partial charge in [0.05, 0.1) is 6.20 Å². The number of rotatable bonds is 4. The van der Waals surface area contributed by atoms with Crippen LogP contribution >= 0.6 is 0 Å². The highest BCUT2D eigenvalue weighted by Gasteiger charge is 2.35. The van der Waals surface area contributed by atoms with Crippen LogP contribution in [0.15, 0.2) is 41.3 Å². The van der Waals surface area contributed by atoms with Crippen molar-refractivity contribution in [2.75, 3.05) is 5.32 Å². The second kappa shape index (κ2) is 7.20. The van der Waals surface area contributed by atoms with Crippen molar-refractivity contribution in [1.82, 2.24) is 4.98 Å². The van der Waals surface area contributed by atoms with E-state index in [-0.39, 0.29) is 11.8 Å². The summed E-state index contributed by atoms with van der Waals surface area (Å²) in [5.41, 5.74) is 1.79. The van der Waals surface area contributed by atoms with Gasteiger partial charge in [0.25, 0.3) is 0 Å². The van der Waals surface area contributed by atoms with Crippen LogP contribution in [-0.4, -0.2) is 10.9 Å². The summed E-state index contributed by atoms with van der Waals surface area (Å²) in [7, 11) is 0. The Labute approximate surface area is 143 Å². The zero-order valence-electron chi connectivity index (χ0n) is 14.7. The maximum absolute atomic E-state index is 12.8. The summed E-state index contributed by atoms with van der Waals surface area (Å²) in [5.74, 6) is 2.66. The first-order valence-electron chi connectivity index (χ1n) is 8.84. The van der Waals surface area contributed by atoms with Crippen LogP contribution in [0.3, 0.4) is 0 Å². The van der Waals surface area contributed by atoms with Gasteiger partial charge in [0.1, 0.15) is 0 Å². The average molecular weight is 326 g/mol. The molecular weight excluding hydrogens is 300 g/mol. The van der Waals surface area contributed by atoms with Crippen LogP contribution in [-0.2, 0) is 4.79 Å². The molecule has 0 radical (unpaired) electrons. The fourth-order valence-corrected chi connectivity index (χ4v) is 3.81. The van der Waals surface area contributed by atoms with Gasteiger partial charge in [0, 0.05) is 17.2 Å². The maximum Gasteiger partial charge on any atom is 0.227 e. The molecule has 4 heteroatoms. The van der Waals surface area contributed by atoms with Crippen molar-refractivity contribution in [3.63, 3.8) is 0 Å². The molecule has 1 heterocycles. The third kappa shape index (κ3) is 3.69. The lowest BCUT2D eigenvalue weighted by atomic mass is 9.70. The fourth-order valence-electron chi connectivity index (χ4n) is 3.81. The van der Waals surface area contributed by atoms with E-state index in [1.807, 2.05) is 24.3 Å². The largest absolute Gasteiger partial charge is 0.444 e. The molecule has 3 rings (SSSR count). The molecule has 2 aromatic rings. The second-order valence-electron chi connectivity index (χ2n) is 7.36. The van der Waals surface area contributed by atoms with E-state index < -0.39 is 0 Å². The molecule has 1 aromatic heterocycles. The van der Waals surface area contributed by atoms with E-state index in [2.05, 4.69) is 31.1 Å². The Morgan fingerprint density at radius 1 is 1.25 bits per heavy atom. The minimum atomic E-state index is 0.114. The van der Waals surface area contributed by atoms with E-state index in [9.17, 15) is 4.79 Å². The average Bonchev–Trinajstić information content (AvgIpc) is 3.09. The van der Waals surface area contributed by atoms with E-state index in [1.54, 1.807) is 6.20 Å². The summed E-state index contributed by atoms with van der Waals surface area (Å²) in [5, 5.41) is 3.10. The number of nitrogens with zero attached hydrogens (tertiary/aromatic N) is 1. The van der Waals surface area contributed by atoms with Gasteiger partial charge in [-0.25, -0.2) is 4.98 Å². The van der Waals surface area contributed by atoms with Crippen molar-refractivity contribution in [3.8, 4) is 11.3 Å². The Bertz CT molecular complexity index is 661. The molecule has 0 spiro atoms. The van der Waals surface area contributed by atoms with Gasteiger partial charge in [0.15, 0.2) is 12.2 Å². The van der Waals surface area contributed by atoms with Crippen LogP contribution in [0.1, 0.15) is 40.0 Å². The smallest absolute Gasteiger partial charge is 0.227 e. The number of hydrogen-bond donors (Lipinski definition) is 1. The molecule has 0 saturated heterocycles. The van der Waals surface area contributed by atoms with Gasteiger partial charge < -0.3 is 9.73 Å². The first kappa shape index (κ1) is 16.7. The summed E-state index contributed by atoms with van der Waals surface area (Å²) >= 11 is 0. The SMILES string of the molecule is CC1CCC(C(C)C)C(C(=O)Nc2ccc(-c3cnco3)cc2)C1. The van der Waals surface area contributed by atoms with E-state index >= 15 is 0 Å². The molecule has 24 heavy (non-hydrogen) atoms. The normalized spacial score (nSPS) is 24.1. The lowest BCUT2D eigenvalue weighted by molar-refractivity contribution is -0.123. The van der Waals surface area contributed by atoms with Crippen LogP contribution in [0, 0.1) is 23.7 Å². The molecule has 0 bridgehead atoms. The number of carbonyl (C=O) groups excluding carboxylic acids is 1. The minimum absolute atomic E-state index is 0.114. The highest BCUT2D eigenvalue weighted by atomic mass is 16.3. The molecule has 1 aliphatic rings. The number of oxazole rings is 1. The fraction of sp³-hybridized carbons (Fsp3) is 0.500. The lowest BCUT2D eigenvalue weighted by Gasteiger charge is -2.36. The van der Waals surface area contributed by atoms with Crippen molar-refractivity contribution in [1.29, 1.82) is 0 Å². The molecule has 1 N–H and O–H groups in total. The number of amides is 1.